The average Bonchev–Trinajstić information content (AvgIpc) is 2.18. The van der Waals surface area contributed by atoms with Crippen LogP contribution in [-0.2, 0) is 6.42 Å². The Bertz CT molecular complexity index is 359. The first-order chi connectivity index (χ1) is 6.61. The Balaban J connectivity index is 3.36. The smallest absolute Gasteiger partial charge is 0.0445 e. The highest BCUT2D eigenvalue weighted by Gasteiger charge is 2.09. The van der Waals surface area contributed by atoms with Crippen LogP contribution in [0.15, 0.2) is 6.07 Å². The lowest BCUT2D eigenvalue weighted by molar-refractivity contribution is 0.915. The highest BCUT2D eigenvalue weighted by Crippen LogP contribution is 2.28. The molecule has 0 bridgehead atoms. The highest BCUT2D eigenvalue weighted by molar-refractivity contribution is 6.32. The van der Waals surface area contributed by atoms with Crippen molar-refractivity contribution in [3.8, 4) is 0 Å². The van der Waals surface area contributed by atoms with Crippen LogP contribution in [0.5, 0.6) is 0 Å². The SMILES string of the molecule is CCCc1c(C)c(Cl)cc(C=N)c1N. The molecule has 1 aromatic carbocycles. The quantitative estimate of drug-likeness (QED) is 0.584. The van der Waals surface area contributed by atoms with Crippen molar-refractivity contribution in [2.75, 3.05) is 5.73 Å². The van der Waals surface area contributed by atoms with Gasteiger partial charge in [-0.25, -0.2) is 0 Å². The molecule has 0 saturated heterocycles. The second-order valence-electron chi connectivity index (χ2n) is 3.36. The monoisotopic (exact) mass is 210 g/mol. The molecule has 3 N–H and O–H groups in total. The number of rotatable bonds is 3. The van der Waals surface area contributed by atoms with E-state index in [9.17, 15) is 0 Å². The summed E-state index contributed by atoms with van der Waals surface area (Å²) in [5.41, 5.74) is 9.47. The predicted octanol–water partition coefficient (Wildman–Crippen LogP) is 3.18. The zero-order chi connectivity index (χ0) is 10.7. The molecule has 0 aliphatic carbocycles. The van der Waals surface area contributed by atoms with Crippen molar-refractivity contribution in [1.29, 1.82) is 5.41 Å². The number of halogens is 1. The molecular weight excluding hydrogens is 196 g/mol. The molecule has 3 heteroatoms. The number of anilines is 1. The number of nitrogens with one attached hydrogen (secondary N) is 1. The fourth-order valence-corrected chi connectivity index (χ4v) is 1.77. The summed E-state index contributed by atoms with van der Waals surface area (Å²) in [7, 11) is 0. The first-order valence-electron chi connectivity index (χ1n) is 4.69. The highest BCUT2D eigenvalue weighted by atomic mass is 35.5. The van der Waals surface area contributed by atoms with E-state index in [-0.39, 0.29) is 0 Å². The third-order valence-corrected chi connectivity index (χ3v) is 2.78. The molecule has 0 saturated carbocycles. The fourth-order valence-electron chi connectivity index (χ4n) is 1.53. The van der Waals surface area contributed by atoms with E-state index in [0.29, 0.717) is 16.3 Å². The summed E-state index contributed by atoms with van der Waals surface area (Å²) >= 11 is 6.05. The lowest BCUT2D eigenvalue weighted by Gasteiger charge is -2.12. The van der Waals surface area contributed by atoms with Crippen LogP contribution in [0.2, 0.25) is 5.02 Å². The molecule has 0 spiro atoms. The normalized spacial score (nSPS) is 10.2. The predicted molar refractivity (Wildman–Crippen MR) is 62.5 cm³/mol. The molecule has 0 aromatic heterocycles. The van der Waals surface area contributed by atoms with Crippen molar-refractivity contribution in [2.45, 2.75) is 26.7 Å². The molecule has 0 fully saturated rings. The second-order valence-corrected chi connectivity index (χ2v) is 3.77. The fraction of sp³-hybridized carbons (Fsp3) is 0.364. The minimum Gasteiger partial charge on any atom is -0.398 e. The number of nitrogen functional groups attached to an aromatic ring is 1. The number of nitrogens with two attached hydrogens (primary N) is 1. The van der Waals surface area contributed by atoms with Gasteiger partial charge in [-0.3, -0.25) is 0 Å². The van der Waals surface area contributed by atoms with E-state index in [1.165, 1.54) is 6.21 Å². The zero-order valence-corrected chi connectivity index (χ0v) is 9.28. The van der Waals surface area contributed by atoms with E-state index >= 15 is 0 Å². The maximum atomic E-state index is 7.22. The third kappa shape index (κ3) is 1.90. The van der Waals surface area contributed by atoms with Gasteiger partial charge in [0.25, 0.3) is 0 Å². The molecule has 0 aliphatic rings. The molecule has 1 rings (SSSR count). The molecule has 0 amide bonds. The average molecular weight is 211 g/mol. The van der Waals surface area contributed by atoms with Crippen molar-refractivity contribution in [3.63, 3.8) is 0 Å². The van der Waals surface area contributed by atoms with Gasteiger partial charge in [0, 0.05) is 22.5 Å². The number of benzene rings is 1. The van der Waals surface area contributed by atoms with Crippen molar-refractivity contribution >= 4 is 23.5 Å². The summed E-state index contributed by atoms with van der Waals surface area (Å²) in [6.07, 6.45) is 3.20. The molecule has 14 heavy (non-hydrogen) atoms. The van der Waals surface area contributed by atoms with Gasteiger partial charge >= 0.3 is 0 Å². The molecule has 2 nitrogen and oxygen atoms in total. The second kappa shape index (κ2) is 4.47. The van der Waals surface area contributed by atoms with Gasteiger partial charge in [-0.2, -0.15) is 0 Å². The van der Waals surface area contributed by atoms with Gasteiger partial charge in [0.05, 0.1) is 0 Å². The van der Waals surface area contributed by atoms with E-state index in [2.05, 4.69) is 6.92 Å². The molecule has 76 valence electrons. The lowest BCUT2D eigenvalue weighted by atomic mass is 9.98. The van der Waals surface area contributed by atoms with Gasteiger partial charge in [-0.1, -0.05) is 24.9 Å². The minimum absolute atomic E-state index is 0.696. The van der Waals surface area contributed by atoms with Crippen molar-refractivity contribution in [3.05, 3.63) is 27.8 Å². The minimum atomic E-state index is 0.696. The first-order valence-corrected chi connectivity index (χ1v) is 5.07. The Morgan fingerprint density at radius 1 is 1.57 bits per heavy atom. The van der Waals surface area contributed by atoms with Crippen LogP contribution >= 0.6 is 11.6 Å². The van der Waals surface area contributed by atoms with Gasteiger partial charge in [0.15, 0.2) is 0 Å². The Labute approximate surface area is 89.6 Å². The zero-order valence-electron chi connectivity index (χ0n) is 8.52. The largest absolute Gasteiger partial charge is 0.398 e. The van der Waals surface area contributed by atoms with Gasteiger partial charge in [0.1, 0.15) is 0 Å². The summed E-state index contributed by atoms with van der Waals surface area (Å²) < 4.78 is 0. The molecule has 0 unspecified atom stereocenters. The lowest BCUT2D eigenvalue weighted by Crippen LogP contribution is -2.02. The summed E-state index contributed by atoms with van der Waals surface area (Å²) in [5.74, 6) is 0. The Hall–Kier alpha value is -1.02. The molecule has 0 atom stereocenters. The maximum absolute atomic E-state index is 7.22. The van der Waals surface area contributed by atoms with Gasteiger partial charge in [0.2, 0.25) is 0 Å². The summed E-state index contributed by atoms with van der Waals surface area (Å²) in [4.78, 5) is 0. The van der Waals surface area contributed by atoms with Crippen LogP contribution in [0.3, 0.4) is 0 Å². The van der Waals surface area contributed by atoms with E-state index < -0.39 is 0 Å². The van der Waals surface area contributed by atoms with E-state index in [1.54, 1.807) is 6.07 Å². The van der Waals surface area contributed by atoms with Gasteiger partial charge in [-0.15, -0.1) is 0 Å². The van der Waals surface area contributed by atoms with Crippen LogP contribution < -0.4 is 5.73 Å². The summed E-state index contributed by atoms with van der Waals surface area (Å²) in [6.45, 7) is 4.07. The van der Waals surface area contributed by atoms with Gasteiger partial charge in [-0.05, 0) is 30.5 Å². The van der Waals surface area contributed by atoms with E-state index in [0.717, 1.165) is 24.0 Å². The molecule has 0 aliphatic heterocycles. The standard InChI is InChI=1S/C11H15ClN2/c1-3-4-9-7(2)10(12)5-8(6-13)11(9)14/h5-6,13H,3-4,14H2,1-2H3. The molecule has 0 radical (unpaired) electrons. The third-order valence-electron chi connectivity index (χ3n) is 2.38. The number of hydrogen-bond donors (Lipinski definition) is 2. The van der Waals surface area contributed by atoms with E-state index in [4.69, 9.17) is 22.7 Å². The summed E-state index contributed by atoms with van der Waals surface area (Å²) in [5, 5.41) is 7.91. The Morgan fingerprint density at radius 3 is 2.71 bits per heavy atom. The van der Waals surface area contributed by atoms with Crippen LogP contribution in [0.1, 0.15) is 30.0 Å². The van der Waals surface area contributed by atoms with Crippen LogP contribution in [0, 0.1) is 12.3 Å². The van der Waals surface area contributed by atoms with Crippen molar-refractivity contribution in [1.82, 2.24) is 0 Å². The molecular formula is C11H15ClN2. The van der Waals surface area contributed by atoms with Crippen LogP contribution in [0.4, 0.5) is 5.69 Å². The molecule has 1 aromatic rings. The van der Waals surface area contributed by atoms with Crippen LogP contribution in [0.25, 0.3) is 0 Å². The first kappa shape index (κ1) is 11.1. The topological polar surface area (TPSA) is 49.9 Å². The van der Waals surface area contributed by atoms with E-state index in [1.807, 2.05) is 6.92 Å². The van der Waals surface area contributed by atoms with Crippen LogP contribution in [-0.4, -0.2) is 6.21 Å². The maximum Gasteiger partial charge on any atom is 0.0445 e. The van der Waals surface area contributed by atoms with Gasteiger partial charge < -0.3 is 11.1 Å². The van der Waals surface area contributed by atoms with Crippen molar-refractivity contribution < 1.29 is 0 Å². The Kier molecular flexibility index (Phi) is 3.53. The number of hydrogen-bond acceptors (Lipinski definition) is 2. The summed E-state index contributed by atoms with van der Waals surface area (Å²) in [6, 6.07) is 1.75. The molecule has 0 heterocycles. The van der Waals surface area contributed by atoms with Crippen molar-refractivity contribution in [2.24, 2.45) is 0 Å². The Morgan fingerprint density at radius 2 is 2.21 bits per heavy atom.